The largest absolute Gasteiger partial charge is 0.353 e. The average Bonchev–Trinajstić information content (AvgIpc) is 3.33. The summed E-state index contributed by atoms with van der Waals surface area (Å²) in [6.07, 6.45) is 6.90. The summed E-state index contributed by atoms with van der Waals surface area (Å²) in [6.45, 7) is 8.68. The summed E-state index contributed by atoms with van der Waals surface area (Å²) in [5, 5.41) is 4.68. The third-order valence-electron chi connectivity index (χ3n) is 8.46. The van der Waals surface area contributed by atoms with Crippen LogP contribution in [0.1, 0.15) is 36.4 Å². The first kappa shape index (κ1) is 28.7. The van der Waals surface area contributed by atoms with E-state index >= 15 is 0 Å². The number of carbonyl (C=O) groups excluding carboxylic acids is 1. The number of anilines is 1. The van der Waals surface area contributed by atoms with E-state index in [2.05, 4.69) is 44.6 Å². The van der Waals surface area contributed by atoms with Gasteiger partial charge in [0, 0.05) is 55.0 Å². The SMILES string of the molecule is C=Cc1ccc(-c2nc(-c3ccc(F)cc3)nn2CC(=O)N2CCN(c3cc(C4CCCN(C)CC4)ncn3)CC2)cc1. The Morgan fingerprint density at radius 3 is 2.44 bits per heavy atom. The normalized spacial score (nSPS) is 18.0. The molecule has 0 saturated carbocycles. The van der Waals surface area contributed by atoms with Gasteiger partial charge in [0.15, 0.2) is 11.6 Å². The molecule has 2 aliphatic rings. The third-order valence-corrected chi connectivity index (χ3v) is 8.46. The highest BCUT2D eigenvalue weighted by atomic mass is 19.1. The number of piperazine rings is 1. The fourth-order valence-corrected chi connectivity index (χ4v) is 5.86. The average molecular weight is 581 g/mol. The fourth-order valence-electron chi connectivity index (χ4n) is 5.86. The van der Waals surface area contributed by atoms with E-state index in [1.165, 1.54) is 18.6 Å². The Bertz CT molecular complexity index is 1560. The zero-order valence-electron chi connectivity index (χ0n) is 24.6. The van der Waals surface area contributed by atoms with Crippen LogP contribution in [0.15, 0.2) is 67.5 Å². The molecule has 222 valence electrons. The lowest BCUT2D eigenvalue weighted by Gasteiger charge is -2.35. The smallest absolute Gasteiger partial charge is 0.244 e. The Hall–Kier alpha value is -4.44. The Balaban J connectivity index is 1.15. The Morgan fingerprint density at radius 1 is 0.953 bits per heavy atom. The lowest BCUT2D eigenvalue weighted by atomic mass is 9.96. The van der Waals surface area contributed by atoms with Gasteiger partial charge in [-0.2, -0.15) is 0 Å². The van der Waals surface area contributed by atoms with E-state index in [0.717, 1.165) is 48.6 Å². The van der Waals surface area contributed by atoms with E-state index in [-0.39, 0.29) is 18.3 Å². The Labute approximate surface area is 251 Å². The number of likely N-dealkylation sites (tertiary alicyclic amines) is 1. The molecule has 4 heterocycles. The lowest BCUT2D eigenvalue weighted by molar-refractivity contribution is -0.132. The molecule has 1 atom stereocenters. The molecular weight excluding hydrogens is 543 g/mol. The van der Waals surface area contributed by atoms with Crippen molar-refractivity contribution < 1.29 is 9.18 Å². The van der Waals surface area contributed by atoms with Crippen molar-refractivity contribution in [2.45, 2.75) is 31.7 Å². The van der Waals surface area contributed by atoms with E-state index < -0.39 is 0 Å². The highest BCUT2D eigenvalue weighted by Crippen LogP contribution is 2.28. The quantitative estimate of drug-likeness (QED) is 0.313. The first-order chi connectivity index (χ1) is 21.0. The maximum Gasteiger partial charge on any atom is 0.244 e. The molecule has 0 bridgehead atoms. The van der Waals surface area contributed by atoms with E-state index in [9.17, 15) is 9.18 Å². The van der Waals surface area contributed by atoms with E-state index in [4.69, 9.17) is 4.98 Å². The van der Waals surface area contributed by atoms with E-state index in [1.54, 1.807) is 29.2 Å². The summed E-state index contributed by atoms with van der Waals surface area (Å²) in [6, 6.07) is 16.0. The van der Waals surface area contributed by atoms with Gasteiger partial charge >= 0.3 is 0 Å². The van der Waals surface area contributed by atoms with Crippen molar-refractivity contribution in [3.63, 3.8) is 0 Å². The van der Waals surface area contributed by atoms with Crippen molar-refractivity contribution in [2.75, 3.05) is 51.2 Å². The van der Waals surface area contributed by atoms with Crippen LogP contribution in [-0.4, -0.2) is 86.8 Å². The second-order valence-electron chi connectivity index (χ2n) is 11.3. The highest BCUT2D eigenvalue weighted by molar-refractivity contribution is 5.77. The standard InChI is InChI=1S/C33H37FN8O/c1-3-24-6-8-27(9-7-24)33-37-32(26-10-12-28(34)13-11-26)38-42(33)22-31(43)41-19-17-40(18-20-41)30-21-29(35-23-36-30)25-5-4-15-39(2)16-14-25/h3,6-13,21,23,25H,1,4-5,14-20,22H2,2H3. The van der Waals surface area contributed by atoms with Crippen LogP contribution in [0, 0.1) is 5.82 Å². The zero-order chi connectivity index (χ0) is 29.8. The number of nitrogens with zero attached hydrogens (tertiary/aromatic N) is 8. The second kappa shape index (κ2) is 12.8. The molecule has 0 radical (unpaired) electrons. The molecule has 6 rings (SSSR count). The molecule has 2 fully saturated rings. The molecule has 2 saturated heterocycles. The van der Waals surface area contributed by atoms with Crippen LogP contribution in [0.2, 0.25) is 0 Å². The van der Waals surface area contributed by atoms with Gasteiger partial charge in [-0.3, -0.25) is 4.79 Å². The molecule has 4 aromatic rings. The first-order valence-corrected chi connectivity index (χ1v) is 14.9. The maximum atomic E-state index is 13.6. The molecule has 2 aromatic carbocycles. The van der Waals surface area contributed by atoms with E-state index in [0.29, 0.717) is 49.3 Å². The molecule has 9 nitrogen and oxygen atoms in total. The summed E-state index contributed by atoms with van der Waals surface area (Å²) in [5.41, 5.74) is 3.63. The van der Waals surface area contributed by atoms with Gasteiger partial charge in [0.1, 0.15) is 24.5 Å². The fraction of sp³-hybridized carbons (Fsp3) is 0.364. The van der Waals surface area contributed by atoms with Crippen LogP contribution in [0.25, 0.3) is 28.9 Å². The molecule has 2 aliphatic heterocycles. The summed E-state index contributed by atoms with van der Waals surface area (Å²) in [5.74, 6) is 2.07. The number of amides is 1. The van der Waals surface area contributed by atoms with Gasteiger partial charge in [-0.15, -0.1) is 5.10 Å². The number of aromatic nitrogens is 5. The summed E-state index contributed by atoms with van der Waals surface area (Å²) >= 11 is 0. The van der Waals surface area contributed by atoms with Crippen LogP contribution in [0.3, 0.4) is 0 Å². The predicted molar refractivity (Wildman–Crippen MR) is 166 cm³/mol. The number of hydrogen-bond donors (Lipinski definition) is 0. The van der Waals surface area contributed by atoms with Gasteiger partial charge in [-0.05, 0) is 69.2 Å². The number of carbonyl (C=O) groups is 1. The van der Waals surface area contributed by atoms with Crippen molar-refractivity contribution in [2.24, 2.45) is 0 Å². The first-order valence-electron chi connectivity index (χ1n) is 14.9. The number of halogens is 1. The molecule has 10 heteroatoms. The minimum absolute atomic E-state index is 0.0230. The van der Waals surface area contributed by atoms with Crippen molar-refractivity contribution >= 4 is 17.8 Å². The summed E-state index contributed by atoms with van der Waals surface area (Å²) in [4.78, 5) is 34.0. The monoisotopic (exact) mass is 580 g/mol. The molecule has 1 amide bonds. The van der Waals surface area contributed by atoms with Crippen molar-refractivity contribution in [3.05, 3.63) is 84.6 Å². The minimum atomic E-state index is -0.326. The number of hydrogen-bond acceptors (Lipinski definition) is 7. The van der Waals surface area contributed by atoms with Gasteiger partial charge in [0.05, 0.1) is 0 Å². The predicted octanol–water partition coefficient (Wildman–Crippen LogP) is 4.73. The number of rotatable bonds is 7. The molecular formula is C33H37FN8O. The van der Waals surface area contributed by atoms with Crippen LogP contribution in [0.4, 0.5) is 10.2 Å². The summed E-state index contributed by atoms with van der Waals surface area (Å²) < 4.78 is 15.2. The third kappa shape index (κ3) is 6.64. The van der Waals surface area contributed by atoms with Crippen LogP contribution in [0.5, 0.6) is 0 Å². The Kier molecular flexibility index (Phi) is 8.55. The second-order valence-corrected chi connectivity index (χ2v) is 11.3. The molecule has 0 N–H and O–H groups in total. The van der Waals surface area contributed by atoms with Gasteiger partial charge < -0.3 is 14.7 Å². The summed E-state index contributed by atoms with van der Waals surface area (Å²) in [7, 11) is 2.18. The van der Waals surface area contributed by atoms with Crippen molar-refractivity contribution in [1.29, 1.82) is 0 Å². The van der Waals surface area contributed by atoms with Gasteiger partial charge in [0.25, 0.3) is 0 Å². The van der Waals surface area contributed by atoms with Crippen molar-refractivity contribution in [1.82, 2.24) is 34.5 Å². The van der Waals surface area contributed by atoms with Crippen molar-refractivity contribution in [3.8, 4) is 22.8 Å². The zero-order valence-corrected chi connectivity index (χ0v) is 24.6. The van der Waals surface area contributed by atoms with Crippen LogP contribution < -0.4 is 4.90 Å². The molecule has 2 aromatic heterocycles. The van der Waals surface area contributed by atoms with E-state index in [1.807, 2.05) is 29.2 Å². The minimum Gasteiger partial charge on any atom is -0.353 e. The number of benzene rings is 2. The highest BCUT2D eigenvalue weighted by Gasteiger charge is 2.25. The lowest BCUT2D eigenvalue weighted by Crippen LogP contribution is -2.50. The van der Waals surface area contributed by atoms with Crippen LogP contribution in [-0.2, 0) is 11.3 Å². The maximum absolute atomic E-state index is 13.6. The molecule has 0 aliphatic carbocycles. The van der Waals surface area contributed by atoms with Gasteiger partial charge in [-0.1, -0.05) is 36.9 Å². The van der Waals surface area contributed by atoms with Gasteiger partial charge in [0.2, 0.25) is 5.91 Å². The molecule has 43 heavy (non-hydrogen) atoms. The van der Waals surface area contributed by atoms with Gasteiger partial charge in [-0.25, -0.2) is 24.0 Å². The molecule has 1 unspecified atom stereocenters. The molecule has 0 spiro atoms. The Morgan fingerprint density at radius 2 is 1.70 bits per heavy atom. The topological polar surface area (TPSA) is 83.3 Å². The van der Waals surface area contributed by atoms with Crippen LogP contribution >= 0.6 is 0 Å².